The molecule has 0 unspecified atom stereocenters. The second-order valence-electron chi connectivity index (χ2n) is 3.72. The molecule has 0 atom stereocenters. The summed E-state index contributed by atoms with van der Waals surface area (Å²) < 4.78 is 0. The minimum atomic E-state index is 0. The van der Waals surface area contributed by atoms with Crippen LogP contribution in [0.1, 0.15) is 11.8 Å². The highest BCUT2D eigenvalue weighted by Crippen LogP contribution is 2.23. The predicted molar refractivity (Wildman–Crippen MR) is 68.8 cm³/mol. The van der Waals surface area contributed by atoms with Crippen LogP contribution in [0.2, 0.25) is 0 Å². The molecule has 6 heteroatoms. The average Bonchev–Trinajstić information content (AvgIpc) is 2.67. The van der Waals surface area contributed by atoms with E-state index in [2.05, 4.69) is 15.2 Å². The Labute approximate surface area is 105 Å². The van der Waals surface area contributed by atoms with E-state index in [0.29, 0.717) is 6.42 Å². The van der Waals surface area contributed by atoms with E-state index in [-0.39, 0.29) is 18.2 Å². The fourth-order valence-electron chi connectivity index (χ4n) is 1.63. The molecule has 2 heterocycles. The molecule has 1 aliphatic heterocycles. The van der Waals surface area contributed by atoms with Gasteiger partial charge in [-0.05, 0) is 6.92 Å². The Hall–Kier alpha value is -0.650. The number of rotatable bonds is 3. The number of hydrogen-bond donors (Lipinski definition) is 1. The summed E-state index contributed by atoms with van der Waals surface area (Å²) in [4.78, 5) is 18.6. The minimum Gasteiger partial charge on any atom is -0.346 e. The van der Waals surface area contributed by atoms with E-state index >= 15 is 0 Å². The normalized spacial score (nSPS) is 15.7. The van der Waals surface area contributed by atoms with Crippen molar-refractivity contribution in [3.8, 4) is 0 Å². The fourth-order valence-corrected chi connectivity index (χ4v) is 2.66. The first-order chi connectivity index (χ1) is 7.25. The second kappa shape index (κ2) is 6.18. The second-order valence-corrected chi connectivity index (χ2v) is 4.82. The summed E-state index contributed by atoms with van der Waals surface area (Å²) in [5, 5.41) is 4.35. The number of piperazine rings is 1. The zero-order valence-electron chi connectivity index (χ0n) is 9.23. The third-order valence-electron chi connectivity index (χ3n) is 2.35. The first-order valence-corrected chi connectivity index (χ1v) is 5.97. The van der Waals surface area contributed by atoms with E-state index in [0.717, 1.165) is 36.2 Å². The van der Waals surface area contributed by atoms with Gasteiger partial charge in [0.2, 0.25) is 0 Å². The molecule has 1 aliphatic rings. The van der Waals surface area contributed by atoms with Crippen LogP contribution in [0.25, 0.3) is 0 Å². The van der Waals surface area contributed by atoms with Crippen molar-refractivity contribution in [1.82, 2.24) is 10.3 Å². The Morgan fingerprint density at radius 1 is 1.56 bits per heavy atom. The number of aromatic nitrogens is 1. The molecule has 0 saturated carbocycles. The molecule has 0 bridgehead atoms. The predicted octanol–water partition coefficient (Wildman–Crippen LogP) is 1.11. The average molecular weight is 262 g/mol. The summed E-state index contributed by atoms with van der Waals surface area (Å²) in [6.07, 6.45) is 2.34. The first-order valence-electron chi connectivity index (χ1n) is 5.15. The van der Waals surface area contributed by atoms with Gasteiger partial charge in [-0.3, -0.25) is 4.79 Å². The summed E-state index contributed by atoms with van der Waals surface area (Å²) in [7, 11) is 0. The van der Waals surface area contributed by atoms with Crippen LogP contribution in [0.15, 0.2) is 6.20 Å². The number of thiazole rings is 1. The SMILES string of the molecule is CC(=O)Cc1cnc(N2CCNCC2)s1.Cl. The third-order valence-corrected chi connectivity index (χ3v) is 3.41. The highest BCUT2D eigenvalue weighted by Gasteiger charge is 2.14. The molecular formula is C10H16ClN3OS. The van der Waals surface area contributed by atoms with Crippen molar-refractivity contribution in [3.05, 3.63) is 11.1 Å². The van der Waals surface area contributed by atoms with Crippen LogP contribution in [0.3, 0.4) is 0 Å². The Kier molecular flexibility index (Phi) is 5.18. The summed E-state index contributed by atoms with van der Waals surface area (Å²) in [6.45, 7) is 5.66. The van der Waals surface area contributed by atoms with Gasteiger partial charge < -0.3 is 10.2 Å². The summed E-state index contributed by atoms with van der Waals surface area (Å²) >= 11 is 1.63. The fraction of sp³-hybridized carbons (Fsp3) is 0.600. The van der Waals surface area contributed by atoms with Crippen molar-refractivity contribution >= 4 is 34.7 Å². The lowest BCUT2D eigenvalue weighted by Gasteiger charge is -2.26. The Morgan fingerprint density at radius 2 is 2.25 bits per heavy atom. The molecule has 1 fully saturated rings. The molecule has 0 radical (unpaired) electrons. The van der Waals surface area contributed by atoms with Crippen molar-refractivity contribution in [3.63, 3.8) is 0 Å². The highest BCUT2D eigenvalue weighted by molar-refractivity contribution is 7.15. The largest absolute Gasteiger partial charge is 0.346 e. The Bertz CT molecular complexity index is 350. The molecule has 0 aliphatic carbocycles. The van der Waals surface area contributed by atoms with Crippen LogP contribution in [0.4, 0.5) is 5.13 Å². The van der Waals surface area contributed by atoms with Crippen LogP contribution < -0.4 is 10.2 Å². The molecule has 2 rings (SSSR count). The molecular weight excluding hydrogens is 246 g/mol. The minimum absolute atomic E-state index is 0. The Balaban J connectivity index is 0.00000128. The van der Waals surface area contributed by atoms with Gasteiger partial charge in [-0.2, -0.15) is 0 Å². The van der Waals surface area contributed by atoms with Crippen LogP contribution in [0.5, 0.6) is 0 Å². The number of ketones is 1. The van der Waals surface area contributed by atoms with Gasteiger partial charge in [0, 0.05) is 43.7 Å². The molecule has 0 amide bonds. The maximum atomic E-state index is 11.0. The van der Waals surface area contributed by atoms with Gasteiger partial charge in [-0.15, -0.1) is 23.7 Å². The third kappa shape index (κ3) is 3.43. The zero-order chi connectivity index (χ0) is 10.7. The van der Waals surface area contributed by atoms with Crippen molar-refractivity contribution in [2.24, 2.45) is 0 Å². The summed E-state index contributed by atoms with van der Waals surface area (Å²) in [5.74, 6) is 0.200. The lowest BCUT2D eigenvalue weighted by Crippen LogP contribution is -2.43. The van der Waals surface area contributed by atoms with E-state index in [9.17, 15) is 4.79 Å². The number of carbonyl (C=O) groups is 1. The molecule has 1 N–H and O–H groups in total. The summed E-state index contributed by atoms with van der Waals surface area (Å²) in [5.41, 5.74) is 0. The van der Waals surface area contributed by atoms with E-state index in [4.69, 9.17) is 0 Å². The van der Waals surface area contributed by atoms with E-state index in [1.54, 1.807) is 18.3 Å². The highest BCUT2D eigenvalue weighted by atomic mass is 35.5. The van der Waals surface area contributed by atoms with Crippen LogP contribution in [0, 0.1) is 0 Å². The number of anilines is 1. The molecule has 1 saturated heterocycles. The lowest BCUT2D eigenvalue weighted by molar-refractivity contribution is -0.116. The van der Waals surface area contributed by atoms with Gasteiger partial charge in [-0.25, -0.2) is 4.98 Å². The number of hydrogen-bond acceptors (Lipinski definition) is 5. The number of nitrogens with zero attached hydrogens (tertiary/aromatic N) is 2. The number of carbonyl (C=O) groups excluding carboxylic acids is 1. The van der Waals surface area contributed by atoms with Gasteiger partial charge in [0.1, 0.15) is 5.78 Å². The van der Waals surface area contributed by atoms with E-state index < -0.39 is 0 Å². The van der Waals surface area contributed by atoms with Crippen molar-refractivity contribution in [2.45, 2.75) is 13.3 Å². The maximum Gasteiger partial charge on any atom is 0.185 e. The smallest absolute Gasteiger partial charge is 0.185 e. The van der Waals surface area contributed by atoms with Gasteiger partial charge in [-0.1, -0.05) is 0 Å². The van der Waals surface area contributed by atoms with Crippen LogP contribution >= 0.6 is 23.7 Å². The molecule has 4 nitrogen and oxygen atoms in total. The van der Waals surface area contributed by atoms with Crippen molar-refractivity contribution in [1.29, 1.82) is 0 Å². The van der Waals surface area contributed by atoms with Gasteiger partial charge in [0.15, 0.2) is 5.13 Å². The number of halogens is 1. The maximum absolute atomic E-state index is 11.0. The molecule has 90 valence electrons. The molecule has 0 spiro atoms. The van der Waals surface area contributed by atoms with Gasteiger partial charge >= 0.3 is 0 Å². The lowest BCUT2D eigenvalue weighted by atomic mass is 10.3. The monoisotopic (exact) mass is 261 g/mol. The summed E-state index contributed by atoms with van der Waals surface area (Å²) in [6, 6.07) is 0. The molecule has 1 aromatic heterocycles. The van der Waals surface area contributed by atoms with Crippen molar-refractivity contribution in [2.75, 3.05) is 31.1 Å². The van der Waals surface area contributed by atoms with Crippen LogP contribution in [-0.2, 0) is 11.2 Å². The van der Waals surface area contributed by atoms with Crippen molar-refractivity contribution < 1.29 is 4.79 Å². The zero-order valence-corrected chi connectivity index (χ0v) is 10.9. The van der Waals surface area contributed by atoms with Gasteiger partial charge in [0.25, 0.3) is 0 Å². The molecule has 16 heavy (non-hydrogen) atoms. The quantitative estimate of drug-likeness (QED) is 0.885. The van der Waals surface area contributed by atoms with Gasteiger partial charge in [0.05, 0.1) is 0 Å². The number of nitrogens with one attached hydrogen (secondary N) is 1. The Morgan fingerprint density at radius 3 is 2.88 bits per heavy atom. The van der Waals surface area contributed by atoms with E-state index in [1.165, 1.54) is 0 Å². The molecule has 1 aromatic rings. The molecule has 0 aromatic carbocycles. The number of Topliss-reactive ketones (excluding diaryl/α,β-unsaturated/α-hetero) is 1. The first kappa shape index (κ1) is 13.4. The standard InChI is InChI=1S/C10H15N3OS.ClH/c1-8(14)6-9-7-12-10(15-9)13-4-2-11-3-5-13;/h7,11H,2-6H2,1H3;1H. The van der Waals surface area contributed by atoms with E-state index in [1.807, 2.05) is 6.20 Å². The topological polar surface area (TPSA) is 45.2 Å². The van der Waals surface area contributed by atoms with Crippen LogP contribution in [-0.4, -0.2) is 36.9 Å².